The smallest absolute Gasteiger partial charge is 0.258 e. The van der Waals surface area contributed by atoms with Crippen LogP contribution in [0.25, 0.3) is 0 Å². The fourth-order valence-electron chi connectivity index (χ4n) is 2.71. The second-order valence-electron chi connectivity index (χ2n) is 6.41. The third-order valence-corrected chi connectivity index (χ3v) is 5.39. The number of ether oxygens (including phenoxy) is 1. The van der Waals surface area contributed by atoms with Crippen LogP contribution in [0.1, 0.15) is 32.9 Å². The number of halogens is 1. The van der Waals surface area contributed by atoms with Gasteiger partial charge in [0, 0.05) is 22.8 Å². The minimum absolute atomic E-state index is 0.0750. The first kappa shape index (κ1) is 19.2. The summed E-state index contributed by atoms with van der Waals surface area (Å²) in [6.07, 6.45) is 0. The maximum Gasteiger partial charge on any atom is 0.258 e. The average Bonchev–Trinajstić information content (AvgIpc) is 2.99. The Bertz CT molecular complexity index is 945. The van der Waals surface area contributed by atoms with Crippen molar-refractivity contribution in [1.82, 2.24) is 5.16 Å². The van der Waals surface area contributed by atoms with Crippen LogP contribution in [0.5, 0.6) is 5.75 Å². The zero-order valence-corrected chi connectivity index (χ0v) is 17.3. The standard InChI is InChI=1S/C21H21BrN2O3/c1-13-11-17(7-10-20(13)22)24(4)21(25)16-5-8-18(9-6-16)26-12-19-14(2)23-27-15(19)3/h5-11H,12H2,1-4H3. The Morgan fingerprint density at radius 3 is 2.44 bits per heavy atom. The first-order chi connectivity index (χ1) is 12.9. The molecule has 0 atom stereocenters. The Balaban J connectivity index is 1.68. The van der Waals surface area contributed by atoms with E-state index >= 15 is 0 Å². The highest BCUT2D eigenvalue weighted by Crippen LogP contribution is 2.24. The number of aromatic nitrogens is 1. The molecule has 0 radical (unpaired) electrons. The molecule has 6 heteroatoms. The normalized spacial score (nSPS) is 10.7. The molecule has 0 N–H and O–H groups in total. The topological polar surface area (TPSA) is 55.6 Å². The van der Waals surface area contributed by atoms with Gasteiger partial charge in [-0.1, -0.05) is 21.1 Å². The van der Waals surface area contributed by atoms with E-state index in [0.29, 0.717) is 17.9 Å². The van der Waals surface area contributed by atoms with Crippen molar-refractivity contribution >= 4 is 27.5 Å². The lowest BCUT2D eigenvalue weighted by Gasteiger charge is -2.18. The van der Waals surface area contributed by atoms with Gasteiger partial charge in [-0.25, -0.2) is 0 Å². The molecule has 5 nitrogen and oxygen atoms in total. The Hall–Kier alpha value is -2.60. The summed E-state index contributed by atoms with van der Waals surface area (Å²) in [5, 5.41) is 3.92. The van der Waals surface area contributed by atoms with E-state index in [1.54, 1.807) is 36.2 Å². The van der Waals surface area contributed by atoms with Gasteiger partial charge in [-0.05, 0) is 68.8 Å². The average molecular weight is 429 g/mol. The van der Waals surface area contributed by atoms with Crippen LogP contribution in [0, 0.1) is 20.8 Å². The van der Waals surface area contributed by atoms with Crippen molar-refractivity contribution in [3.05, 3.63) is 75.1 Å². The van der Waals surface area contributed by atoms with Gasteiger partial charge in [0.15, 0.2) is 0 Å². The first-order valence-corrected chi connectivity index (χ1v) is 9.35. The predicted octanol–water partition coefficient (Wildman–Crippen LogP) is 5.22. The summed E-state index contributed by atoms with van der Waals surface area (Å²) < 4.78 is 11.9. The molecule has 0 spiro atoms. The van der Waals surface area contributed by atoms with Crippen molar-refractivity contribution in [2.75, 3.05) is 11.9 Å². The Morgan fingerprint density at radius 2 is 1.85 bits per heavy atom. The molecule has 27 heavy (non-hydrogen) atoms. The number of carbonyl (C=O) groups excluding carboxylic acids is 1. The summed E-state index contributed by atoms with van der Waals surface area (Å²) in [4.78, 5) is 14.4. The van der Waals surface area contributed by atoms with Crippen molar-refractivity contribution < 1.29 is 14.1 Å². The minimum atomic E-state index is -0.0750. The van der Waals surface area contributed by atoms with Crippen LogP contribution in [-0.2, 0) is 6.61 Å². The van der Waals surface area contributed by atoms with Crippen molar-refractivity contribution in [3.8, 4) is 5.75 Å². The van der Waals surface area contributed by atoms with E-state index in [9.17, 15) is 4.79 Å². The predicted molar refractivity (Wildman–Crippen MR) is 108 cm³/mol. The SMILES string of the molecule is Cc1cc(N(C)C(=O)c2ccc(OCc3c(C)noc3C)cc2)ccc1Br. The van der Waals surface area contributed by atoms with Crippen LogP contribution in [0.3, 0.4) is 0 Å². The summed E-state index contributed by atoms with van der Waals surface area (Å²) in [6.45, 7) is 6.13. The largest absolute Gasteiger partial charge is 0.489 e. The molecule has 1 aromatic heterocycles. The number of anilines is 1. The number of benzene rings is 2. The van der Waals surface area contributed by atoms with Gasteiger partial charge in [-0.3, -0.25) is 4.79 Å². The lowest BCUT2D eigenvalue weighted by Crippen LogP contribution is -2.26. The molecule has 0 unspecified atom stereocenters. The molecule has 0 saturated heterocycles. The maximum atomic E-state index is 12.7. The molecule has 0 fully saturated rings. The van der Waals surface area contributed by atoms with Crippen molar-refractivity contribution in [2.45, 2.75) is 27.4 Å². The lowest BCUT2D eigenvalue weighted by atomic mass is 10.1. The molecule has 1 amide bonds. The highest BCUT2D eigenvalue weighted by Gasteiger charge is 2.15. The van der Waals surface area contributed by atoms with Crippen molar-refractivity contribution in [2.24, 2.45) is 0 Å². The molecule has 3 aromatic rings. The third-order valence-electron chi connectivity index (χ3n) is 4.50. The minimum Gasteiger partial charge on any atom is -0.489 e. The second kappa shape index (κ2) is 7.96. The van der Waals surface area contributed by atoms with Gasteiger partial charge in [0.05, 0.1) is 11.3 Å². The molecule has 0 saturated carbocycles. The fraction of sp³-hybridized carbons (Fsp3) is 0.238. The number of hydrogen-bond donors (Lipinski definition) is 0. The molecule has 3 rings (SSSR count). The molecule has 2 aromatic carbocycles. The van der Waals surface area contributed by atoms with Gasteiger partial charge in [-0.2, -0.15) is 0 Å². The molecule has 0 bridgehead atoms. The van der Waals surface area contributed by atoms with Crippen molar-refractivity contribution in [1.29, 1.82) is 0 Å². The zero-order valence-electron chi connectivity index (χ0n) is 15.7. The van der Waals surface area contributed by atoms with E-state index < -0.39 is 0 Å². The summed E-state index contributed by atoms with van der Waals surface area (Å²) in [6, 6.07) is 13.0. The Morgan fingerprint density at radius 1 is 1.15 bits per heavy atom. The summed E-state index contributed by atoms with van der Waals surface area (Å²) in [5.74, 6) is 1.37. The number of aryl methyl sites for hydroxylation is 3. The van der Waals surface area contributed by atoms with Crippen LogP contribution < -0.4 is 9.64 Å². The molecule has 140 valence electrons. The van der Waals surface area contributed by atoms with Crippen LogP contribution in [-0.4, -0.2) is 18.1 Å². The second-order valence-corrected chi connectivity index (χ2v) is 7.27. The zero-order chi connectivity index (χ0) is 19.6. The monoisotopic (exact) mass is 428 g/mol. The van der Waals surface area contributed by atoms with E-state index in [1.165, 1.54) is 0 Å². The first-order valence-electron chi connectivity index (χ1n) is 8.55. The van der Waals surface area contributed by atoms with Gasteiger partial charge in [0.2, 0.25) is 0 Å². The number of amides is 1. The van der Waals surface area contributed by atoms with Crippen molar-refractivity contribution in [3.63, 3.8) is 0 Å². The number of hydrogen-bond acceptors (Lipinski definition) is 4. The quantitative estimate of drug-likeness (QED) is 0.558. The molecular formula is C21H21BrN2O3. The lowest BCUT2D eigenvalue weighted by molar-refractivity contribution is 0.0993. The number of rotatable bonds is 5. The molecule has 1 heterocycles. The van der Waals surface area contributed by atoms with E-state index in [0.717, 1.165) is 32.7 Å². The summed E-state index contributed by atoms with van der Waals surface area (Å²) in [5.41, 5.74) is 4.30. The van der Waals surface area contributed by atoms with Gasteiger partial charge in [-0.15, -0.1) is 0 Å². The van der Waals surface area contributed by atoms with Crippen LogP contribution in [0.15, 0.2) is 51.5 Å². The van der Waals surface area contributed by atoms with E-state index in [4.69, 9.17) is 9.26 Å². The number of nitrogens with zero attached hydrogens (tertiary/aromatic N) is 2. The van der Waals surface area contributed by atoms with Crippen LogP contribution in [0.2, 0.25) is 0 Å². The van der Waals surface area contributed by atoms with Gasteiger partial charge >= 0.3 is 0 Å². The third kappa shape index (κ3) is 4.22. The molecular weight excluding hydrogens is 408 g/mol. The molecule has 0 aliphatic heterocycles. The van der Waals surface area contributed by atoms with Gasteiger partial charge in [0.25, 0.3) is 5.91 Å². The Kier molecular flexibility index (Phi) is 5.65. The molecule has 0 aliphatic carbocycles. The Labute approximate surface area is 167 Å². The summed E-state index contributed by atoms with van der Waals surface area (Å²) >= 11 is 3.48. The number of carbonyl (C=O) groups is 1. The van der Waals surface area contributed by atoms with Gasteiger partial charge in [0.1, 0.15) is 18.1 Å². The highest BCUT2D eigenvalue weighted by atomic mass is 79.9. The highest BCUT2D eigenvalue weighted by molar-refractivity contribution is 9.10. The van der Waals surface area contributed by atoms with Crippen LogP contribution in [0.4, 0.5) is 5.69 Å². The van der Waals surface area contributed by atoms with E-state index in [1.807, 2.05) is 39.0 Å². The van der Waals surface area contributed by atoms with Crippen LogP contribution >= 0.6 is 15.9 Å². The van der Waals surface area contributed by atoms with E-state index in [2.05, 4.69) is 21.1 Å². The maximum absolute atomic E-state index is 12.7. The summed E-state index contributed by atoms with van der Waals surface area (Å²) in [7, 11) is 1.77. The van der Waals surface area contributed by atoms with Gasteiger partial charge < -0.3 is 14.2 Å². The fourth-order valence-corrected chi connectivity index (χ4v) is 2.95. The molecule has 0 aliphatic rings. The van der Waals surface area contributed by atoms with E-state index in [-0.39, 0.29) is 5.91 Å².